The zero-order chi connectivity index (χ0) is 12.4. The Hall–Kier alpha value is -0.450. The molecule has 1 saturated heterocycles. The Labute approximate surface area is 114 Å². The number of carbonyl (C=O) groups excluding carboxylic acids is 1. The highest BCUT2D eigenvalue weighted by Crippen LogP contribution is 2.24. The van der Waals surface area contributed by atoms with Gasteiger partial charge in [-0.3, -0.25) is 4.79 Å². The fourth-order valence-electron chi connectivity index (χ4n) is 1.76. The fraction of sp³-hybridized carbons (Fsp3) is 0.455. The molecule has 1 atom stereocenters. The lowest BCUT2D eigenvalue weighted by Gasteiger charge is -2.24. The van der Waals surface area contributed by atoms with Gasteiger partial charge in [-0.25, -0.2) is 4.98 Å². The number of carbonyl (C=O) groups is 1. The van der Waals surface area contributed by atoms with Gasteiger partial charge in [0.2, 0.25) is 0 Å². The van der Waals surface area contributed by atoms with E-state index in [2.05, 4.69) is 4.98 Å². The van der Waals surface area contributed by atoms with Crippen LogP contribution in [0.3, 0.4) is 0 Å². The maximum absolute atomic E-state index is 12.2. The third kappa shape index (κ3) is 2.87. The summed E-state index contributed by atoms with van der Waals surface area (Å²) >= 11 is 13.5. The molecule has 0 aliphatic carbocycles. The number of rotatable bonds is 2. The van der Waals surface area contributed by atoms with Crippen LogP contribution in [0.5, 0.6) is 0 Å². The molecule has 1 aliphatic rings. The normalized spacial score (nSPS) is 19.4. The van der Waals surface area contributed by atoms with E-state index >= 15 is 0 Å². The first-order valence-electron chi connectivity index (χ1n) is 5.26. The van der Waals surface area contributed by atoms with Crippen molar-refractivity contribution in [2.45, 2.75) is 12.5 Å². The van der Waals surface area contributed by atoms with E-state index in [4.69, 9.17) is 23.2 Å². The van der Waals surface area contributed by atoms with E-state index < -0.39 is 0 Å². The molecule has 0 aromatic carbocycles. The zero-order valence-electron chi connectivity index (χ0n) is 9.32. The lowest BCUT2D eigenvalue weighted by atomic mass is 10.2. The van der Waals surface area contributed by atoms with Crippen LogP contribution >= 0.6 is 35.0 Å². The molecule has 1 aromatic heterocycles. The zero-order valence-corrected chi connectivity index (χ0v) is 11.6. The Balaban J connectivity index is 2.18. The summed E-state index contributed by atoms with van der Waals surface area (Å²) in [5.41, 5.74) is 0.412. The van der Waals surface area contributed by atoms with Crippen LogP contribution in [-0.4, -0.2) is 40.4 Å². The molecule has 0 radical (unpaired) electrons. The van der Waals surface area contributed by atoms with Crippen molar-refractivity contribution in [1.82, 2.24) is 9.88 Å². The molecular formula is C11H12Cl2N2OS. The summed E-state index contributed by atoms with van der Waals surface area (Å²) in [7, 11) is 1.81. The second-order valence-electron chi connectivity index (χ2n) is 3.91. The van der Waals surface area contributed by atoms with Crippen molar-refractivity contribution in [2.75, 3.05) is 18.6 Å². The van der Waals surface area contributed by atoms with Crippen LogP contribution in [0.15, 0.2) is 12.1 Å². The van der Waals surface area contributed by atoms with Gasteiger partial charge in [0.15, 0.2) is 0 Å². The number of hydrogen-bond donors (Lipinski definition) is 0. The van der Waals surface area contributed by atoms with Crippen molar-refractivity contribution in [3.05, 3.63) is 28.0 Å². The third-order valence-electron chi connectivity index (χ3n) is 2.82. The van der Waals surface area contributed by atoms with Crippen molar-refractivity contribution in [3.63, 3.8) is 0 Å². The van der Waals surface area contributed by atoms with E-state index in [0.717, 1.165) is 17.9 Å². The largest absolute Gasteiger partial charge is 0.338 e. The molecule has 0 saturated carbocycles. The van der Waals surface area contributed by atoms with Gasteiger partial charge >= 0.3 is 0 Å². The average Bonchev–Trinajstić information content (AvgIpc) is 2.80. The Morgan fingerprint density at radius 3 is 2.88 bits per heavy atom. The molecule has 1 aliphatic heterocycles. The van der Waals surface area contributed by atoms with Gasteiger partial charge in [0.05, 0.1) is 5.56 Å². The smallest absolute Gasteiger partial charge is 0.257 e. The highest BCUT2D eigenvalue weighted by atomic mass is 35.5. The van der Waals surface area contributed by atoms with Gasteiger partial charge < -0.3 is 4.90 Å². The summed E-state index contributed by atoms with van der Waals surface area (Å²) in [4.78, 5) is 17.8. The lowest BCUT2D eigenvalue weighted by Crippen LogP contribution is -2.37. The molecule has 0 bridgehead atoms. The van der Waals surface area contributed by atoms with Gasteiger partial charge in [-0.2, -0.15) is 11.8 Å². The van der Waals surface area contributed by atoms with Crippen molar-refractivity contribution in [1.29, 1.82) is 0 Å². The number of amides is 1. The fourth-order valence-corrected chi connectivity index (χ4v) is 3.45. The molecule has 17 heavy (non-hydrogen) atoms. The quantitative estimate of drug-likeness (QED) is 0.785. The van der Waals surface area contributed by atoms with Crippen molar-refractivity contribution < 1.29 is 4.79 Å². The molecule has 1 fully saturated rings. The van der Waals surface area contributed by atoms with Crippen LogP contribution in [0.25, 0.3) is 0 Å². The first kappa shape index (κ1) is 13.0. The predicted molar refractivity (Wildman–Crippen MR) is 72.1 cm³/mol. The van der Waals surface area contributed by atoms with Crippen LogP contribution in [0.2, 0.25) is 10.3 Å². The molecular weight excluding hydrogens is 279 g/mol. The van der Waals surface area contributed by atoms with Crippen LogP contribution in [0, 0.1) is 0 Å². The van der Waals surface area contributed by atoms with Crippen molar-refractivity contribution in [3.8, 4) is 0 Å². The van der Waals surface area contributed by atoms with Crippen LogP contribution in [-0.2, 0) is 0 Å². The number of hydrogen-bond acceptors (Lipinski definition) is 3. The Morgan fingerprint density at radius 2 is 2.29 bits per heavy atom. The summed E-state index contributed by atoms with van der Waals surface area (Å²) in [6, 6.07) is 3.50. The predicted octanol–water partition coefficient (Wildman–Crippen LogP) is 2.97. The summed E-state index contributed by atoms with van der Waals surface area (Å²) in [6.07, 6.45) is 1.03. The Kier molecular flexibility index (Phi) is 4.17. The van der Waals surface area contributed by atoms with E-state index in [1.54, 1.807) is 17.0 Å². The molecule has 6 heteroatoms. The van der Waals surface area contributed by atoms with Crippen LogP contribution in [0.1, 0.15) is 16.8 Å². The minimum atomic E-state index is -0.0910. The second kappa shape index (κ2) is 5.46. The monoisotopic (exact) mass is 290 g/mol. The molecule has 92 valence electrons. The van der Waals surface area contributed by atoms with Crippen molar-refractivity contribution >= 4 is 40.9 Å². The molecule has 0 N–H and O–H groups in total. The van der Waals surface area contributed by atoms with Crippen LogP contribution < -0.4 is 0 Å². The summed E-state index contributed by atoms with van der Waals surface area (Å²) < 4.78 is 0. The number of pyridine rings is 1. The van der Waals surface area contributed by atoms with E-state index in [0.29, 0.717) is 16.8 Å². The van der Waals surface area contributed by atoms with Gasteiger partial charge in [-0.15, -0.1) is 0 Å². The number of aromatic nitrogens is 1. The van der Waals surface area contributed by atoms with Gasteiger partial charge in [0.1, 0.15) is 10.3 Å². The minimum Gasteiger partial charge on any atom is -0.338 e. The standard InChI is InChI=1S/C11H12Cl2N2OS/c1-15(7-4-5-17-6-7)11(16)8-2-3-9(12)14-10(8)13/h2-3,7H,4-6H2,1H3. The number of halogens is 2. The number of nitrogens with zero attached hydrogens (tertiary/aromatic N) is 2. The van der Waals surface area contributed by atoms with Gasteiger partial charge in [-0.1, -0.05) is 23.2 Å². The highest BCUT2D eigenvalue weighted by Gasteiger charge is 2.26. The maximum atomic E-state index is 12.2. The molecule has 2 heterocycles. The molecule has 1 amide bonds. The molecule has 2 rings (SSSR count). The second-order valence-corrected chi connectivity index (χ2v) is 5.80. The lowest BCUT2D eigenvalue weighted by molar-refractivity contribution is 0.0747. The molecule has 1 aromatic rings. The van der Waals surface area contributed by atoms with E-state index in [1.165, 1.54) is 0 Å². The van der Waals surface area contributed by atoms with Crippen molar-refractivity contribution in [2.24, 2.45) is 0 Å². The SMILES string of the molecule is CN(C(=O)c1ccc(Cl)nc1Cl)C1CCSC1. The van der Waals surface area contributed by atoms with E-state index in [-0.39, 0.29) is 11.1 Å². The van der Waals surface area contributed by atoms with Gasteiger partial charge in [0.25, 0.3) is 5.91 Å². The van der Waals surface area contributed by atoms with Gasteiger partial charge in [0, 0.05) is 18.8 Å². The molecule has 1 unspecified atom stereocenters. The Morgan fingerprint density at radius 1 is 1.53 bits per heavy atom. The summed E-state index contributed by atoms with van der Waals surface area (Å²) in [5.74, 6) is 2.00. The number of thioether (sulfide) groups is 1. The molecule has 3 nitrogen and oxygen atoms in total. The summed E-state index contributed by atoms with van der Waals surface area (Å²) in [5, 5.41) is 0.464. The third-order valence-corrected chi connectivity index (χ3v) is 4.46. The minimum absolute atomic E-state index is 0.0910. The first-order valence-corrected chi connectivity index (χ1v) is 7.17. The average molecular weight is 291 g/mol. The van der Waals surface area contributed by atoms with Crippen LogP contribution in [0.4, 0.5) is 0 Å². The Bertz CT molecular complexity index is 435. The maximum Gasteiger partial charge on any atom is 0.257 e. The van der Waals surface area contributed by atoms with E-state index in [1.807, 2.05) is 18.8 Å². The summed E-state index contributed by atoms with van der Waals surface area (Å²) in [6.45, 7) is 0. The highest BCUT2D eigenvalue weighted by molar-refractivity contribution is 7.99. The topological polar surface area (TPSA) is 33.2 Å². The molecule has 0 spiro atoms. The van der Waals surface area contributed by atoms with Gasteiger partial charge in [-0.05, 0) is 24.3 Å². The van der Waals surface area contributed by atoms with E-state index in [9.17, 15) is 4.79 Å². The first-order chi connectivity index (χ1) is 8.09.